The van der Waals surface area contributed by atoms with E-state index >= 15 is 0 Å². The third kappa shape index (κ3) is 3.59. The molecule has 2 N–H and O–H groups in total. The summed E-state index contributed by atoms with van der Waals surface area (Å²) in [6.45, 7) is 3.44. The Morgan fingerprint density at radius 2 is 1.96 bits per heavy atom. The van der Waals surface area contributed by atoms with Gasteiger partial charge in [-0.05, 0) is 30.2 Å². The zero-order valence-corrected chi connectivity index (χ0v) is 16.1. The summed E-state index contributed by atoms with van der Waals surface area (Å²) < 4.78 is 6.48. The molecule has 0 aliphatic rings. The van der Waals surface area contributed by atoms with Crippen molar-refractivity contribution < 1.29 is 14.4 Å². The Hall–Kier alpha value is -2.70. The SMILES string of the molecule is CCc1cc2c(C[NH+](C)Cc3nc4ccccc4s3)cc(=O)oc2cc1O. The zero-order chi connectivity index (χ0) is 19.0. The van der Waals surface area contributed by atoms with E-state index in [1.165, 1.54) is 9.60 Å². The van der Waals surface area contributed by atoms with Gasteiger partial charge in [-0.25, -0.2) is 9.78 Å². The number of nitrogens with zero attached hydrogens (tertiary/aromatic N) is 1. The largest absolute Gasteiger partial charge is 0.508 e. The second kappa shape index (κ2) is 7.13. The van der Waals surface area contributed by atoms with Crippen LogP contribution < -0.4 is 10.5 Å². The molecule has 27 heavy (non-hydrogen) atoms. The van der Waals surface area contributed by atoms with E-state index in [4.69, 9.17) is 9.40 Å². The van der Waals surface area contributed by atoms with Crippen LogP contribution in [0, 0.1) is 0 Å². The summed E-state index contributed by atoms with van der Waals surface area (Å²) in [5.41, 5.74) is 2.84. The van der Waals surface area contributed by atoms with Crippen molar-refractivity contribution in [3.63, 3.8) is 0 Å². The lowest BCUT2D eigenvalue weighted by atomic mass is 10.0. The van der Waals surface area contributed by atoms with Crippen molar-refractivity contribution in [1.82, 2.24) is 4.98 Å². The Morgan fingerprint density at radius 3 is 2.74 bits per heavy atom. The smallest absolute Gasteiger partial charge is 0.336 e. The van der Waals surface area contributed by atoms with Crippen LogP contribution in [-0.4, -0.2) is 17.1 Å². The highest BCUT2D eigenvalue weighted by Crippen LogP contribution is 2.27. The number of benzene rings is 2. The van der Waals surface area contributed by atoms with Crippen molar-refractivity contribution >= 4 is 32.5 Å². The molecule has 0 spiro atoms. The summed E-state index contributed by atoms with van der Waals surface area (Å²) in [5.74, 6) is 0.167. The number of fused-ring (bicyclic) bond motifs is 2. The van der Waals surface area contributed by atoms with Gasteiger partial charge in [0.05, 0.1) is 17.3 Å². The maximum Gasteiger partial charge on any atom is 0.336 e. The first kappa shape index (κ1) is 17.7. The van der Waals surface area contributed by atoms with Crippen LogP contribution in [0.15, 0.2) is 51.7 Å². The van der Waals surface area contributed by atoms with E-state index in [1.807, 2.05) is 31.2 Å². The zero-order valence-electron chi connectivity index (χ0n) is 15.3. The van der Waals surface area contributed by atoms with Crippen LogP contribution in [0.4, 0.5) is 0 Å². The second-order valence-electron chi connectivity index (χ2n) is 6.81. The molecule has 0 amide bonds. The molecule has 0 saturated heterocycles. The molecule has 0 aliphatic carbocycles. The van der Waals surface area contributed by atoms with E-state index in [9.17, 15) is 9.90 Å². The number of aromatic nitrogens is 1. The fraction of sp³-hybridized carbons (Fsp3) is 0.238. The van der Waals surface area contributed by atoms with Gasteiger partial charge in [0, 0.05) is 23.1 Å². The molecule has 138 valence electrons. The van der Waals surface area contributed by atoms with Gasteiger partial charge in [0.25, 0.3) is 0 Å². The number of hydrogen-bond donors (Lipinski definition) is 2. The quantitative estimate of drug-likeness (QED) is 0.522. The van der Waals surface area contributed by atoms with E-state index in [-0.39, 0.29) is 5.75 Å². The first-order valence-electron chi connectivity index (χ1n) is 8.98. The van der Waals surface area contributed by atoms with Crippen LogP contribution in [-0.2, 0) is 19.5 Å². The predicted molar refractivity (Wildman–Crippen MR) is 107 cm³/mol. The maximum atomic E-state index is 12.0. The fourth-order valence-electron chi connectivity index (χ4n) is 3.38. The van der Waals surface area contributed by atoms with Crippen LogP contribution in [0.3, 0.4) is 0 Å². The van der Waals surface area contributed by atoms with E-state index in [2.05, 4.69) is 13.1 Å². The average Bonchev–Trinajstić information content (AvgIpc) is 3.03. The number of nitrogens with one attached hydrogen (secondary N) is 1. The normalized spacial score (nSPS) is 12.7. The molecule has 6 heteroatoms. The molecule has 1 unspecified atom stereocenters. The van der Waals surface area contributed by atoms with Gasteiger partial charge in [0.2, 0.25) is 0 Å². The third-order valence-corrected chi connectivity index (χ3v) is 5.73. The van der Waals surface area contributed by atoms with Gasteiger partial charge in [0.15, 0.2) is 0 Å². The molecule has 2 heterocycles. The Kier molecular flexibility index (Phi) is 4.68. The van der Waals surface area contributed by atoms with Gasteiger partial charge in [-0.1, -0.05) is 19.1 Å². The van der Waals surface area contributed by atoms with Crippen molar-refractivity contribution in [1.29, 1.82) is 0 Å². The highest BCUT2D eigenvalue weighted by molar-refractivity contribution is 7.18. The molecule has 4 rings (SSSR count). The number of quaternary nitrogens is 1. The first-order valence-corrected chi connectivity index (χ1v) is 9.79. The minimum Gasteiger partial charge on any atom is -0.508 e. The van der Waals surface area contributed by atoms with Crippen molar-refractivity contribution in [3.8, 4) is 5.75 Å². The van der Waals surface area contributed by atoms with Crippen LogP contribution in [0.2, 0.25) is 0 Å². The molecule has 4 aromatic rings. The molecule has 2 aromatic carbocycles. The number of hydrogen-bond acceptors (Lipinski definition) is 5. The first-order chi connectivity index (χ1) is 13.0. The Balaban J connectivity index is 1.64. The van der Waals surface area contributed by atoms with E-state index in [1.54, 1.807) is 23.5 Å². The summed E-state index contributed by atoms with van der Waals surface area (Å²) in [7, 11) is 2.09. The van der Waals surface area contributed by atoms with Crippen molar-refractivity contribution in [2.45, 2.75) is 26.4 Å². The Bertz CT molecular complexity index is 1150. The summed E-state index contributed by atoms with van der Waals surface area (Å²) in [5, 5.41) is 12.0. The molecule has 0 fully saturated rings. The minimum absolute atomic E-state index is 0.167. The lowest BCUT2D eigenvalue weighted by molar-refractivity contribution is -0.907. The van der Waals surface area contributed by atoms with Crippen LogP contribution in [0.1, 0.15) is 23.1 Å². The highest BCUT2D eigenvalue weighted by Gasteiger charge is 2.15. The van der Waals surface area contributed by atoms with Crippen LogP contribution in [0.5, 0.6) is 5.75 Å². The molecule has 0 radical (unpaired) electrons. The van der Waals surface area contributed by atoms with E-state index in [0.29, 0.717) is 12.1 Å². The molecular weight excluding hydrogens is 360 g/mol. The standard InChI is InChI=1S/C21H20N2O3S/c1-3-13-8-15-14(9-21(25)26-18(15)10-17(13)24)11-23(2)12-20-22-16-6-4-5-7-19(16)27-20/h4-10,24H,3,11-12H2,1-2H3/p+1. The Labute approximate surface area is 160 Å². The van der Waals surface area contributed by atoms with Crippen LogP contribution in [0.25, 0.3) is 21.2 Å². The van der Waals surface area contributed by atoms with E-state index in [0.717, 1.165) is 40.0 Å². The lowest BCUT2D eigenvalue weighted by Crippen LogP contribution is -3.06. The molecule has 2 aromatic heterocycles. The van der Waals surface area contributed by atoms with Crippen molar-refractivity contribution in [2.24, 2.45) is 0 Å². The Morgan fingerprint density at radius 1 is 1.15 bits per heavy atom. The topological polar surface area (TPSA) is 67.8 Å². The molecule has 0 bridgehead atoms. The number of phenolic OH excluding ortho intramolecular Hbond substituents is 1. The number of thiazole rings is 1. The molecular formula is C21H21N2O3S+. The predicted octanol–water partition coefficient (Wildman–Crippen LogP) is 2.89. The minimum atomic E-state index is -0.395. The van der Waals surface area contributed by atoms with Gasteiger partial charge in [-0.15, -0.1) is 11.3 Å². The summed E-state index contributed by atoms with van der Waals surface area (Å²) in [4.78, 5) is 17.9. The average molecular weight is 381 g/mol. The molecule has 0 aliphatic heterocycles. The van der Waals surface area contributed by atoms with Gasteiger partial charge < -0.3 is 14.4 Å². The monoisotopic (exact) mass is 381 g/mol. The molecule has 0 saturated carbocycles. The van der Waals surface area contributed by atoms with Gasteiger partial charge >= 0.3 is 5.63 Å². The summed E-state index contributed by atoms with van der Waals surface area (Å²) in [6.07, 6.45) is 0.717. The van der Waals surface area contributed by atoms with Crippen molar-refractivity contribution in [3.05, 3.63) is 69.0 Å². The third-order valence-electron chi connectivity index (χ3n) is 4.69. The highest BCUT2D eigenvalue weighted by atomic mass is 32.1. The number of para-hydroxylation sites is 1. The fourth-order valence-corrected chi connectivity index (χ4v) is 4.46. The van der Waals surface area contributed by atoms with Crippen LogP contribution >= 0.6 is 11.3 Å². The number of phenols is 1. The molecule has 1 atom stereocenters. The summed E-state index contributed by atoms with van der Waals surface area (Å²) >= 11 is 1.71. The van der Waals surface area contributed by atoms with Gasteiger partial charge in [0.1, 0.15) is 29.4 Å². The molecule has 5 nitrogen and oxygen atoms in total. The number of aryl methyl sites for hydroxylation is 1. The van der Waals surface area contributed by atoms with E-state index < -0.39 is 5.63 Å². The second-order valence-corrected chi connectivity index (χ2v) is 7.92. The van der Waals surface area contributed by atoms with Crippen molar-refractivity contribution in [2.75, 3.05) is 7.05 Å². The number of aromatic hydroxyl groups is 1. The van der Waals surface area contributed by atoms with Gasteiger partial charge in [-0.3, -0.25) is 0 Å². The lowest BCUT2D eigenvalue weighted by Gasteiger charge is -2.14. The number of rotatable bonds is 5. The summed E-state index contributed by atoms with van der Waals surface area (Å²) in [6, 6.07) is 13.2. The maximum absolute atomic E-state index is 12.0. The van der Waals surface area contributed by atoms with Gasteiger partial charge in [-0.2, -0.15) is 0 Å².